The molecule has 0 radical (unpaired) electrons. The van der Waals surface area contributed by atoms with Gasteiger partial charge in [0.2, 0.25) is 0 Å². The maximum Gasteiger partial charge on any atom is 0.287 e. The molecule has 0 aromatic carbocycles. The number of nitrogens with zero attached hydrogens (tertiary/aromatic N) is 1. The van der Waals surface area contributed by atoms with Gasteiger partial charge in [-0.1, -0.05) is 0 Å². The van der Waals surface area contributed by atoms with Gasteiger partial charge in [0.05, 0.1) is 11.1 Å². The van der Waals surface area contributed by atoms with Crippen LogP contribution in [0.3, 0.4) is 0 Å². The summed E-state index contributed by atoms with van der Waals surface area (Å²) in [5.41, 5.74) is 0.0100. The van der Waals surface area contributed by atoms with Crippen molar-refractivity contribution >= 4 is 11.6 Å². The molecule has 0 saturated heterocycles. The van der Waals surface area contributed by atoms with Gasteiger partial charge >= 0.3 is 0 Å². The van der Waals surface area contributed by atoms with Crippen molar-refractivity contribution in [2.24, 2.45) is 0 Å². The van der Waals surface area contributed by atoms with Crippen LogP contribution in [0.4, 0.5) is 5.69 Å². The smallest absolute Gasteiger partial charge is 0.287 e. The van der Waals surface area contributed by atoms with E-state index < -0.39 is 10.8 Å². The minimum Gasteiger partial charge on any atom is -0.351 e. The number of aromatic nitrogens is 1. The lowest BCUT2D eigenvalue weighted by atomic mass is 10.3. The molecule has 0 bridgehead atoms. The lowest BCUT2D eigenvalue weighted by Gasteiger charge is -1.98. The van der Waals surface area contributed by atoms with Crippen LogP contribution in [0, 0.1) is 22.5 Å². The number of nitro groups is 1. The Morgan fingerprint density at radius 1 is 1.73 bits per heavy atom. The molecule has 6 nitrogen and oxygen atoms in total. The van der Waals surface area contributed by atoms with Crippen molar-refractivity contribution in [3.63, 3.8) is 0 Å². The molecule has 0 aliphatic rings. The van der Waals surface area contributed by atoms with Crippen molar-refractivity contribution in [2.45, 2.75) is 6.42 Å². The number of carbonyl (C=O) groups is 1. The molecule has 6 heteroatoms. The molecule has 0 saturated carbocycles. The van der Waals surface area contributed by atoms with E-state index in [2.05, 4.69) is 16.2 Å². The summed E-state index contributed by atoms with van der Waals surface area (Å²) in [6, 6.07) is 1.17. The molecular formula is C9H9N3O3. The first-order valence-electron chi connectivity index (χ1n) is 4.19. The second-order valence-corrected chi connectivity index (χ2v) is 2.74. The average molecular weight is 207 g/mol. The van der Waals surface area contributed by atoms with Gasteiger partial charge in [-0.15, -0.1) is 12.3 Å². The summed E-state index contributed by atoms with van der Waals surface area (Å²) >= 11 is 0. The first-order valence-corrected chi connectivity index (χ1v) is 4.19. The highest BCUT2D eigenvalue weighted by Crippen LogP contribution is 2.11. The number of H-pyrrole nitrogens is 1. The lowest BCUT2D eigenvalue weighted by Crippen LogP contribution is -2.24. The monoisotopic (exact) mass is 207 g/mol. The van der Waals surface area contributed by atoms with E-state index >= 15 is 0 Å². The van der Waals surface area contributed by atoms with Crippen LogP contribution in [0.2, 0.25) is 0 Å². The van der Waals surface area contributed by atoms with E-state index in [1.807, 2.05) is 0 Å². The summed E-state index contributed by atoms with van der Waals surface area (Å²) in [6.45, 7) is 0.349. The van der Waals surface area contributed by atoms with Crippen LogP contribution in [0.25, 0.3) is 0 Å². The summed E-state index contributed by atoms with van der Waals surface area (Å²) in [7, 11) is 0. The topological polar surface area (TPSA) is 88.0 Å². The number of aromatic amines is 1. The number of hydrogen-bond acceptors (Lipinski definition) is 3. The SMILES string of the molecule is C#CCCNC(=O)c1cc([N+](=O)[O-])c[nH]1. The van der Waals surface area contributed by atoms with E-state index in [0.717, 1.165) is 6.20 Å². The van der Waals surface area contributed by atoms with E-state index in [-0.39, 0.29) is 11.4 Å². The molecule has 1 aromatic rings. The van der Waals surface area contributed by atoms with E-state index in [1.54, 1.807) is 0 Å². The van der Waals surface area contributed by atoms with Crippen LogP contribution in [0.5, 0.6) is 0 Å². The molecule has 0 spiro atoms. The summed E-state index contributed by atoms with van der Waals surface area (Å²) in [4.78, 5) is 23.6. The first-order chi connectivity index (χ1) is 7.15. The molecule has 1 heterocycles. The van der Waals surface area contributed by atoms with Crippen molar-refractivity contribution < 1.29 is 9.72 Å². The van der Waals surface area contributed by atoms with Crippen LogP contribution < -0.4 is 5.32 Å². The fraction of sp³-hybridized carbons (Fsp3) is 0.222. The molecule has 1 rings (SSSR count). The Balaban J connectivity index is 2.59. The van der Waals surface area contributed by atoms with Crippen molar-refractivity contribution in [3.05, 3.63) is 28.1 Å². The third kappa shape index (κ3) is 2.84. The molecule has 1 aromatic heterocycles. The van der Waals surface area contributed by atoms with Crippen LogP contribution in [0.15, 0.2) is 12.3 Å². The minimum atomic E-state index is -0.575. The zero-order valence-electron chi connectivity index (χ0n) is 7.82. The third-order valence-corrected chi connectivity index (χ3v) is 1.68. The molecule has 0 aliphatic heterocycles. The highest BCUT2D eigenvalue weighted by molar-refractivity contribution is 5.93. The fourth-order valence-electron chi connectivity index (χ4n) is 0.963. The Morgan fingerprint density at radius 2 is 2.47 bits per heavy atom. The maximum absolute atomic E-state index is 11.3. The van der Waals surface area contributed by atoms with Crippen molar-refractivity contribution in [1.29, 1.82) is 0 Å². The first kappa shape index (κ1) is 10.8. The van der Waals surface area contributed by atoms with Gasteiger partial charge in [0, 0.05) is 19.0 Å². The molecule has 0 atom stereocenters. The largest absolute Gasteiger partial charge is 0.351 e. The Bertz CT molecular complexity index is 416. The predicted molar refractivity (Wildman–Crippen MR) is 53.2 cm³/mol. The van der Waals surface area contributed by atoms with Gasteiger partial charge in [0.15, 0.2) is 0 Å². The zero-order chi connectivity index (χ0) is 11.3. The summed E-state index contributed by atoms with van der Waals surface area (Å²) < 4.78 is 0. The van der Waals surface area contributed by atoms with Crippen LogP contribution in [-0.4, -0.2) is 22.4 Å². The average Bonchev–Trinajstić information content (AvgIpc) is 2.66. The van der Waals surface area contributed by atoms with Crippen molar-refractivity contribution in [1.82, 2.24) is 10.3 Å². The molecule has 15 heavy (non-hydrogen) atoms. The van der Waals surface area contributed by atoms with E-state index in [4.69, 9.17) is 6.42 Å². The van der Waals surface area contributed by atoms with Gasteiger partial charge in [-0.3, -0.25) is 14.9 Å². The molecule has 0 aliphatic carbocycles. The van der Waals surface area contributed by atoms with Crippen molar-refractivity contribution in [3.8, 4) is 12.3 Å². The van der Waals surface area contributed by atoms with Crippen LogP contribution >= 0.6 is 0 Å². The van der Waals surface area contributed by atoms with Gasteiger partial charge in [-0.2, -0.15) is 0 Å². The molecular weight excluding hydrogens is 198 g/mol. The summed E-state index contributed by atoms with van der Waals surface area (Å²) in [5.74, 6) is 1.96. The molecule has 78 valence electrons. The number of hydrogen-bond donors (Lipinski definition) is 2. The Labute approximate surface area is 85.8 Å². The summed E-state index contributed by atoms with van der Waals surface area (Å²) in [5, 5.41) is 12.8. The van der Waals surface area contributed by atoms with Gasteiger partial charge in [-0.25, -0.2) is 0 Å². The van der Waals surface area contributed by atoms with E-state index in [0.29, 0.717) is 13.0 Å². The number of terminal acetylenes is 1. The quantitative estimate of drug-likeness (QED) is 0.329. The fourth-order valence-corrected chi connectivity index (χ4v) is 0.963. The lowest BCUT2D eigenvalue weighted by molar-refractivity contribution is -0.384. The summed E-state index contributed by atoms with van der Waals surface area (Å²) in [6.07, 6.45) is 6.59. The predicted octanol–water partition coefficient (Wildman–Crippen LogP) is 0.676. The third-order valence-electron chi connectivity index (χ3n) is 1.68. The number of carbonyl (C=O) groups excluding carboxylic acids is 1. The highest BCUT2D eigenvalue weighted by Gasteiger charge is 2.13. The van der Waals surface area contributed by atoms with Gasteiger partial charge in [-0.05, 0) is 0 Å². The van der Waals surface area contributed by atoms with Gasteiger partial charge < -0.3 is 10.3 Å². The van der Waals surface area contributed by atoms with Gasteiger partial charge in [0.25, 0.3) is 11.6 Å². The van der Waals surface area contributed by atoms with Crippen LogP contribution in [-0.2, 0) is 0 Å². The molecule has 1 amide bonds. The second kappa shape index (κ2) is 4.81. The Kier molecular flexibility index (Phi) is 3.46. The van der Waals surface area contributed by atoms with Crippen molar-refractivity contribution in [2.75, 3.05) is 6.54 Å². The number of rotatable bonds is 4. The molecule has 2 N–H and O–H groups in total. The second-order valence-electron chi connectivity index (χ2n) is 2.74. The Morgan fingerprint density at radius 3 is 3.00 bits per heavy atom. The molecule has 0 fully saturated rings. The number of amides is 1. The van der Waals surface area contributed by atoms with E-state index in [1.165, 1.54) is 6.07 Å². The van der Waals surface area contributed by atoms with Gasteiger partial charge in [0.1, 0.15) is 5.69 Å². The number of nitrogens with one attached hydrogen (secondary N) is 2. The minimum absolute atomic E-state index is 0.142. The Hall–Kier alpha value is -2.29. The normalized spacial score (nSPS) is 9.27. The van der Waals surface area contributed by atoms with Crippen LogP contribution in [0.1, 0.15) is 16.9 Å². The molecule has 0 unspecified atom stereocenters. The highest BCUT2D eigenvalue weighted by atomic mass is 16.6. The zero-order valence-corrected chi connectivity index (χ0v) is 7.82. The van der Waals surface area contributed by atoms with E-state index in [9.17, 15) is 14.9 Å². The standard InChI is InChI=1S/C9H9N3O3/c1-2-3-4-10-9(13)8-5-7(6-11-8)12(14)15/h1,5-6,11H,3-4H2,(H,10,13). The maximum atomic E-state index is 11.3.